The van der Waals surface area contributed by atoms with Gasteiger partial charge in [0, 0.05) is 23.6 Å². The van der Waals surface area contributed by atoms with Crippen LogP contribution in [0.3, 0.4) is 0 Å². The highest BCUT2D eigenvalue weighted by atomic mass is 35.5. The summed E-state index contributed by atoms with van der Waals surface area (Å²) in [5.74, 6) is -0.474. The lowest BCUT2D eigenvalue weighted by Gasteiger charge is -2.11. The van der Waals surface area contributed by atoms with Crippen molar-refractivity contribution in [1.29, 1.82) is 0 Å². The van der Waals surface area contributed by atoms with Gasteiger partial charge < -0.3 is 8.60 Å². The van der Waals surface area contributed by atoms with Crippen molar-refractivity contribution < 1.29 is 35.1 Å². The Balaban J connectivity index is 2.05. The maximum Gasteiger partial charge on any atom is 0.417 e. The smallest absolute Gasteiger partial charge is 0.417 e. The molecule has 1 aromatic heterocycles. The number of halogens is 4. The zero-order valence-corrected chi connectivity index (χ0v) is 15.3. The summed E-state index contributed by atoms with van der Waals surface area (Å²) in [5, 5.41) is 10.1. The van der Waals surface area contributed by atoms with Gasteiger partial charge in [-0.05, 0) is 24.3 Å². The molecule has 0 N–H and O–H groups in total. The molecule has 29 heavy (non-hydrogen) atoms. The molecule has 0 saturated carbocycles. The van der Waals surface area contributed by atoms with E-state index < -0.39 is 59.7 Å². The van der Waals surface area contributed by atoms with E-state index in [1.54, 1.807) is 0 Å². The summed E-state index contributed by atoms with van der Waals surface area (Å²) in [7, 11) is -4.61. The largest absolute Gasteiger partial charge is 0.423 e. The van der Waals surface area contributed by atoms with E-state index in [4.69, 9.17) is 15.8 Å². The van der Waals surface area contributed by atoms with Crippen LogP contribution in [0.25, 0.3) is 11.0 Å². The van der Waals surface area contributed by atoms with Crippen molar-refractivity contribution in [3.8, 4) is 5.75 Å². The molecule has 0 aliphatic rings. The SMILES string of the molecule is O=c1cc(C(F)(F)F)c2ccc(OS(=O)(=O)c3ccc(Cl)c([N+](=O)[O-])c3)cc2o1. The average molecular weight is 450 g/mol. The molecule has 152 valence electrons. The minimum Gasteiger partial charge on any atom is -0.423 e. The van der Waals surface area contributed by atoms with E-state index in [-0.39, 0.29) is 11.1 Å². The quantitative estimate of drug-likeness (QED) is 0.254. The third-order valence-electron chi connectivity index (χ3n) is 3.63. The number of nitrogens with zero attached hydrogens (tertiary/aromatic N) is 1. The van der Waals surface area contributed by atoms with Crippen LogP contribution in [0.2, 0.25) is 5.02 Å². The number of nitro benzene ring substituents is 1. The summed E-state index contributed by atoms with van der Waals surface area (Å²) in [4.78, 5) is 20.8. The third-order valence-corrected chi connectivity index (χ3v) is 5.19. The standard InChI is InChI=1S/C16H7ClF3NO7S/c17-12-4-2-9(6-13(12)21(23)24)29(25,26)28-8-1-3-10-11(16(18,19)20)7-15(22)27-14(10)5-8/h1-7H. The molecule has 0 atom stereocenters. The lowest BCUT2D eigenvalue weighted by atomic mass is 10.1. The fourth-order valence-electron chi connectivity index (χ4n) is 2.39. The number of nitro groups is 1. The van der Waals surface area contributed by atoms with E-state index in [0.29, 0.717) is 6.07 Å². The van der Waals surface area contributed by atoms with E-state index in [9.17, 15) is 36.5 Å². The van der Waals surface area contributed by atoms with Crippen molar-refractivity contribution in [2.24, 2.45) is 0 Å². The fraction of sp³-hybridized carbons (Fsp3) is 0.0625. The first-order valence-corrected chi connectivity index (χ1v) is 9.20. The molecule has 0 unspecified atom stereocenters. The van der Waals surface area contributed by atoms with Crippen LogP contribution in [-0.2, 0) is 16.3 Å². The lowest BCUT2D eigenvalue weighted by molar-refractivity contribution is -0.384. The van der Waals surface area contributed by atoms with E-state index in [0.717, 1.165) is 30.3 Å². The van der Waals surface area contributed by atoms with Crippen molar-refractivity contribution in [3.63, 3.8) is 0 Å². The van der Waals surface area contributed by atoms with E-state index in [1.807, 2.05) is 0 Å². The molecule has 13 heteroatoms. The Bertz CT molecular complexity index is 1300. The zero-order chi connectivity index (χ0) is 21.6. The Hall–Kier alpha value is -3.12. The lowest BCUT2D eigenvalue weighted by Crippen LogP contribution is -2.12. The summed E-state index contributed by atoms with van der Waals surface area (Å²) < 4.78 is 73.4. The van der Waals surface area contributed by atoms with Crippen LogP contribution in [-0.4, -0.2) is 13.3 Å². The predicted molar refractivity (Wildman–Crippen MR) is 93.4 cm³/mol. The van der Waals surface area contributed by atoms with Gasteiger partial charge in [0.05, 0.1) is 10.5 Å². The van der Waals surface area contributed by atoms with Crippen molar-refractivity contribution in [2.45, 2.75) is 11.1 Å². The molecule has 0 saturated heterocycles. The van der Waals surface area contributed by atoms with Crippen molar-refractivity contribution >= 4 is 38.4 Å². The van der Waals surface area contributed by atoms with Crippen LogP contribution >= 0.6 is 11.6 Å². The number of hydrogen-bond donors (Lipinski definition) is 0. The summed E-state index contributed by atoms with van der Waals surface area (Å²) in [5.41, 5.74) is -3.79. The highest BCUT2D eigenvalue weighted by Crippen LogP contribution is 2.35. The Labute approximate surface area is 164 Å². The molecule has 1 heterocycles. The van der Waals surface area contributed by atoms with Gasteiger partial charge in [0.1, 0.15) is 21.3 Å². The number of benzene rings is 2. The van der Waals surface area contributed by atoms with Crippen molar-refractivity contribution in [2.75, 3.05) is 0 Å². The summed E-state index contributed by atoms with van der Waals surface area (Å²) in [6.07, 6.45) is -4.84. The van der Waals surface area contributed by atoms with Crippen LogP contribution in [0.15, 0.2) is 56.6 Å². The van der Waals surface area contributed by atoms with Crippen LogP contribution in [0.5, 0.6) is 5.75 Å². The maximum atomic E-state index is 13.1. The van der Waals surface area contributed by atoms with Crippen molar-refractivity contribution in [3.05, 3.63) is 73.6 Å². The predicted octanol–water partition coefficient (Wildman–Crippen LogP) is 4.14. The maximum absolute atomic E-state index is 13.1. The Morgan fingerprint density at radius 2 is 1.79 bits per heavy atom. The highest BCUT2D eigenvalue weighted by molar-refractivity contribution is 7.87. The molecule has 0 spiro atoms. The molecule has 8 nitrogen and oxygen atoms in total. The van der Waals surface area contributed by atoms with Crippen LogP contribution in [0.1, 0.15) is 5.56 Å². The van der Waals surface area contributed by atoms with Gasteiger partial charge in [-0.3, -0.25) is 10.1 Å². The molecule has 0 aliphatic carbocycles. The van der Waals surface area contributed by atoms with Gasteiger partial charge >= 0.3 is 21.9 Å². The van der Waals surface area contributed by atoms with Crippen LogP contribution in [0.4, 0.5) is 18.9 Å². The molecule has 0 radical (unpaired) electrons. The van der Waals surface area contributed by atoms with Gasteiger partial charge in [-0.15, -0.1) is 0 Å². The Kier molecular flexibility index (Phi) is 5.01. The summed E-state index contributed by atoms with van der Waals surface area (Å²) in [6, 6.07) is 5.44. The molecule has 0 aliphatic heterocycles. The first-order chi connectivity index (χ1) is 13.4. The Morgan fingerprint density at radius 1 is 1.10 bits per heavy atom. The van der Waals surface area contributed by atoms with E-state index >= 15 is 0 Å². The van der Waals surface area contributed by atoms with Crippen LogP contribution < -0.4 is 9.81 Å². The minimum absolute atomic E-state index is 0.270. The second kappa shape index (κ2) is 7.04. The first-order valence-electron chi connectivity index (χ1n) is 7.42. The highest BCUT2D eigenvalue weighted by Gasteiger charge is 2.34. The van der Waals surface area contributed by atoms with E-state index in [2.05, 4.69) is 4.42 Å². The summed E-state index contributed by atoms with van der Waals surface area (Å²) in [6.45, 7) is 0. The van der Waals surface area contributed by atoms with Gasteiger partial charge in [0.2, 0.25) is 0 Å². The molecular formula is C16H7ClF3NO7S. The molecule has 3 aromatic rings. The monoisotopic (exact) mass is 449 g/mol. The van der Waals surface area contributed by atoms with Gasteiger partial charge in [0.15, 0.2) is 0 Å². The zero-order valence-electron chi connectivity index (χ0n) is 13.8. The second-order valence-electron chi connectivity index (χ2n) is 5.54. The topological polar surface area (TPSA) is 117 Å². The molecular weight excluding hydrogens is 443 g/mol. The number of rotatable bonds is 4. The van der Waals surface area contributed by atoms with E-state index in [1.165, 1.54) is 0 Å². The molecule has 0 fully saturated rings. The molecule has 0 bridgehead atoms. The van der Waals surface area contributed by atoms with Gasteiger partial charge in [-0.25, -0.2) is 4.79 Å². The minimum atomic E-state index is -4.84. The fourth-order valence-corrected chi connectivity index (χ4v) is 3.52. The van der Waals surface area contributed by atoms with Gasteiger partial charge in [-0.1, -0.05) is 11.6 Å². The first kappa shape index (κ1) is 20.6. The van der Waals surface area contributed by atoms with Crippen molar-refractivity contribution in [1.82, 2.24) is 0 Å². The normalized spacial score (nSPS) is 12.1. The average Bonchev–Trinajstić information content (AvgIpc) is 2.59. The number of alkyl halides is 3. The second-order valence-corrected chi connectivity index (χ2v) is 7.50. The molecule has 0 amide bonds. The third kappa shape index (κ3) is 4.17. The number of hydrogen-bond acceptors (Lipinski definition) is 7. The van der Waals surface area contributed by atoms with Crippen LogP contribution in [0, 0.1) is 10.1 Å². The van der Waals surface area contributed by atoms with Gasteiger partial charge in [0.25, 0.3) is 5.69 Å². The Morgan fingerprint density at radius 3 is 2.41 bits per heavy atom. The number of fused-ring (bicyclic) bond motifs is 1. The molecule has 2 aromatic carbocycles. The molecule has 3 rings (SSSR count). The summed E-state index contributed by atoms with van der Waals surface area (Å²) >= 11 is 5.62. The van der Waals surface area contributed by atoms with Gasteiger partial charge in [-0.2, -0.15) is 21.6 Å².